The van der Waals surface area contributed by atoms with E-state index in [1.165, 1.54) is 24.5 Å². The average Bonchev–Trinajstić information content (AvgIpc) is 3.28. The van der Waals surface area contributed by atoms with Crippen LogP contribution in [0.3, 0.4) is 0 Å². The summed E-state index contributed by atoms with van der Waals surface area (Å²) in [5.41, 5.74) is 1.97. The fourth-order valence-corrected chi connectivity index (χ4v) is 3.37. The lowest BCUT2D eigenvalue weighted by Gasteiger charge is -2.20. The summed E-state index contributed by atoms with van der Waals surface area (Å²) < 4.78 is 19.2. The molecule has 0 aliphatic carbocycles. The molecule has 0 bridgehead atoms. The molecule has 0 aliphatic heterocycles. The second kappa shape index (κ2) is 10.8. The minimum Gasteiger partial charge on any atom is -0.463 e. The molecule has 0 aliphatic rings. The first-order chi connectivity index (χ1) is 16.5. The van der Waals surface area contributed by atoms with Gasteiger partial charge in [0.05, 0.1) is 11.8 Å². The predicted molar refractivity (Wildman–Crippen MR) is 127 cm³/mol. The third kappa shape index (κ3) is 7.13. The maximum atomic E-state index is 13.3. The van der Waals surface area contributed by atoms with E-state index in [-0.39, 0.29) is 18.9 Å². The molecular formula is C25H27FN4O5. The van der Waals surface area contributed by atoms with E-state index in [2.05, 4.69) is 15.7 Å². The second-order valence-electron chi connectivity index (χ2n) is 8.78. The lowest BCUT2D eigenvalue weighted by molar-refractivity contribution is 0.0528. The topological polar surface area (TPSA) is 123 Å². The number of nitrogens with zero attached hydrogens (tertiary/aromatic N) is 2. The van der Waals surface area contributed by atoms with Crippen molar-refractivity contribution in [2.24, 2.45) is 0 Å². The first-order valence-electron chi connectivity index (χ1n) is 10.9. The van der Waals surface area contributed by atoms with Crippen molar-refractivity contribution < 1.29 is 28.6 Å². The Bertz CT molecular complexity index is 1220. The van der Waals surface area contributed by atoms with E-state index in [0.29, 0.717) is 34.2 Å². The lowest BCUT2D eigenvalue weighted by atomic mass is 9.94. The van der Waals surface area contributed by atoms with Crippen LogP contribution in [0.2, 0.25) is 0 Å². The van der Waals surface area contributed by atoms with Gasteiger partial charge >= 0.3 is 12.2 Å². The Balaban J connectivity index is 1.85. The highest BCUT2D eigenvalue weighted by molar-refractivity contribution is 6.02. The summed E-state index contributed by atoms with van der Waals surface area (Å²) in [5, 5.41) is 18.5. The fraction of sp³-hybridized carbons (Fsp3) is 0.280. The summed E-state index contributed by atoms with van der Waals surface area (Å²) in [4.78, 5) is 36.5. The molecule has 184 valence electrons. The van der Waals surface area contributed by atoms with Crippen molar-refractivity contribution in [3.63, 3.8) is 0 Å². The van der Waals surface area contributed by atoms with Gasteiger partial charge in [0.1, 0.15) is 11.4 Å². The number of ether oxygens (including phenoxy) is 1. The summed E-state index contributed by atoms with van der Waals surface area (Å²) >= 11 is 0. The van der Waals surface area contributed by atoms with Crippen LogP contribution in [0.5, 0.6) is 0 Å². The molecule has 0 saturated heterocycles. The number of aromatic nitrogens is 2. The molecule has 1 aromatic heterocycles. The second-order valence-corrected chi connectivity index (χ2v) is 8.78. The number of hydrogen-bond acceptors (Lipinski definition) is 5. The highest BCUT2D eigenvalue weighted by atomic mass is 19.1. The number of nitrogens with one attached hydrogen (secondary N) is 2. The van der Waals surface area contributed by atoms with Crippen molar-refractivity contribution in [1.82, 2.24) is 20.4 Å². The van der Waals surface area contributed by atoms with Gasteiger partial charge in [-0.05, 0) is 56.0 Å². The third-order valence-electron chi connectivity index (χ3n) is 4.90. The number of alkyl carbamates (subject to hydrolysis) is 1. The van der Waals surface area contributed by atoms with Crippen molar-refractivity contribution in [2.75, 3.05) is 6.54 Å². The smallest absolute Gasteiger partial charge is 0.432 e. The van der Waals surface area contributed by atoms with Gasteiger partial charge in [0.15, 0.2) is 0 Å². The minimum atomic E-state index is -1.25. The lowest BCUT2D eigenvalue weighted by Crippen LogP contribution is -2.34. The molecular weight excluding hydrogens is 455 g/mol. The Morgan fingerprint density at radius 1 is 1.09 bits per heavy atom. The number of rotatable bonds is 7. The Labute approximate surface area is 201 Å². The van der Waals surface area contributed by atoms with Crippen molar-refractivity contribution in [3.05, 3.63) is 77.4 Å². The number of amides is 2. The first kappa shape index (κ1) is 25.4. The normalized spacial score (nSPS) is 11.1. The van der Waals surface area contributed by atoms with E-state index in [9.17, 15) is 23.9 Å². The highest BCUT2D eigenvalue weighted by Gasteiger charge is 2.20. The Morgan fingerprint density at radius 3 is 2.43 bits per heavy atom. The SMILES string of the molecule is CC(C)(C)OC(=O)NCCc1cccc(-c2cnn(C(=O)O)c2)c1C(=O)NCc1ccc(F)cc1. The number of halogens is 1. The molecule has 1 heterocycles. The molecule has 0 unspecified atom stereocenters. The van der Waals surface area contributed by atoms with Gasteiger partial charge in [-0.2, -0.15) is 9.78 Å². The standard InChI is InChI=1S/C25H27FN4O5/c1-25(2,3)35-23(32)27-12-11-17-5-4-6-20(18-14-29-30(15-18)24(33)34)21(17)22(31)28-13-16-7-9-19(26)10-8-16/h4-10,14-15H,11-13H2,1-3H3,(H,27,32)(H,28,31)(H,33,34). The zero-order valence-corrected chi connectivity index (χ0v) is 19.7. The van der Waals surface area contributed by atoms with Crippen LogP contribution in [-0.2, 0) is 17.7 Å². The van der Waals surface area contributed by atoms with Crippen LogP contribution in [0.1, 0.15) is 42.3 Å². The van der Waals surface area contributed by atoms with Crippen LogP contribution in [0.25, 0.3) is 11.1 Å². The zero-order chi connectivity index (χ0) is 25.6. The van der Waals surface area contributed by atoms with Gasteiger partial charge < -0.3 is 20.5 Å². The molecule has 3 N–H and O–H groups in total. The summed E-state index contributed by atoms with van der Waals surface area (Å²) in [5.74, 6) is -0.777. The van der Waals surface area contributed by atoms with E-state index in [1.807, 2.05) is 0 Å². The van der Waals surface area contributed by atoms with Gasteiger partial charge in [-0.15, -0.1) is 0 Å². The van der Waals surface area contributed by atoms with Crippen LogP contribution in [0.4, 0.5) is 14.0 Å². The molecule has 0 atom stereocenters. The van der Waals surface area contributed by atoms with Crippen molar-refractivity contribution in [1.29, 1.82) is 0 Å². The summed E-state index contributed by atoms with van der Waals surface area (Å²) in [6.45, 7) is 5.66. The molecule has 0 saturated carbocycles. The molecule has 0 fully saturated rings. The summed E-state index contributed by atoms with van der Waals surface area (Å²) in [6.07, 6.45) is 1.18. The maximum Gasteiger partial charge on any atom is 0.432 e. The number of carboxylic acid groups (broad SMARTS) is 1. The monoisotopic (exact) mass is 482 g/mol. The molecule has 10 heteroatoms. The van der Waals surface area contributed by atoms with Crippen molar-refractivity contribution in [3.8, 4) is 11.1 Å². The van der Waals surface area contributed by atoms with Gasteiger partial charge in [-0.25, -0.2) is 14.0 Å². The van der Waals surface area contributed by atoms with Crippen LogP contribution >= 0.6 is 0 Å². The molecule has 0 spiro atoms. The molecule has 0 radical (unpaired) electrons. The summed E-state index contributed by atoms with van der Waals surface area (Å²) in [7, 11) is 0. The van der Waals surface area contributed by atoms with Crippen molar-refractivity contribution >= 4 is 18.1 Å². The fourth-order valence-electron chi connectivity index (χ4n) is 3.37. The predicted octanol–water partition coefficient (Wildman–Crippen LogP) is 4.21. The number of benzene rings is 2. The van der Waals surface area contributed by atoms with Crippen LogP contribution in [-0.4, -0.2) is 45.1 Å². The summed E-state index contributed by atoms with van der Waals surface area (Å²) in [6, 6.07) is 11.0. The minimum absolute atomic E-state index is 0.164. The zero-order valence-electron chi connectivity index (χ0n) is 19.7. The van der Waals surface area contributed by atoms with E-state index in [1.54, 1.807) is 51.1 Å². The Hall–Kier alpha value is -4.21. The van der Waals surface area contributed by atoms with Crippen molar-refractivity contribution in [2.45, 2.75) is 39.3 Å². The maximum absolute atomic E-state index is 13.3. The van der Waals surface area contributed by atoms with Gasteiger partial charge in [0.25, 0.3) is 5.91 Å². The number of carbonyl (C=O) groups is 3. The average molecular weight is 483 g/mol. The Kier molecular flexibility index (Phi) is 7.85. The van der Waals surface area contributed by atoms with Crippen LogP contribution < -0.4 is 10.6 Å². The van der Waals surface area contributed by atoms with E-state index in [4.69, 9.17) is 4.74 Å². The van der Waals surface area contributed by atoms with Gasteiger partial charge in [0, 0.05) is 24.8 Å². The van der Waals surface area contributed by atoms with Crippen LogP contribution in [0, 0.1) is 5.82 Å². The molecule has 2 aromatic carbocycles. The van der Waals surface area contributed by atoms with Crippen LogP contribution in [0.15, 0.2) is 54.9 Å². The van der Waals surface area contributed by atoms with E-state index < -0.39 is 23.7 Å². The first-order valence-corrected chi connectivity index (χ1v) is 10.9. The number of carbonyl (C=O) groups excluding carboxylic acids is 2. The number of hydrogen-bond donors (Lipinski definition) is 3. The largest absolute Gasteiger partial charge is 0.463 e. The quantitative estimate of drug-likeness (QED) is 0.464. The Morgan fingerprint density at radius 2 is 1.80 bits per heavy atom. The molecule has 2 amide bonds. The third-order valence-corrected chi connectivity index (χ3v) is 4.90. The van der Waals surface area contributed by atoms with Gasteiger partial charge in [-0.3, -0.25) is 4.79 Å². The van der Waals surface area contributed by atoms with Gasteiger partial charge in [-0.1, -0.05) is 30.3 Å². The molecule has 3 aromatic rings. The van der Waals surface area contributed by atoms with Gasteiger partial charge in [0.2, 0.25) is 0 Å². The van der Waals surface area contributed by atoms with E-state index >= 15 is 0 Å². The molecule has 3 rings (SSSR count). The highest BCUT2D eigenvalue weighted by Crippen LogP contribution is 2.27. The molecule has 9 nitrogen and oxygen atoms in total. The van der Waals surface area contributed by atoms with E-state index in [0.717, 1.165) is 4.68 Å². The molecule has 35 heavy (non-hydrogen) atoms.